The molecule has 7 heteroatoms. The topological polar surface area (TPSA) is 73.5 Å². The molecule has 1 aromatic heterocycles. The number of hydrogen-bond donors (Lipinski definition) is 0. The lowest BCUT2D eigenvalue weighted by Gasteiger charge is -2.10. The maximum atomic E-state index is 11.8. The van der Waals surface area contributed by atoms with E-state index in [0.717, 1.165) is 16.6 Å². The van der Waals surface area contributed by atoms with Crippen LogP contribution in [0, 0.1) is 11.3 Å². The fraction of sp³-hybridized carbons (Fsp3) is 0.238. The van der Waals surface area contributed by atoms with Gasteiger partial charge in [0.1, 0.15) is 18.4 Å². The first kappa shape index (κ1) is 19.7. The zero-order chi connectivity index (χ0) is 20.1. The number of hydrogen-bond acceptors (Lipinski definition) is 5. The Hall–Kier alpha value is -3.01. The lowest BCUT2D eigenvalue weighted by molar-refractivity contribution is 0.0526. The van der Waals surface area contributed by atoms with Crippen LogP contribution in [0.2, 0.25) is 5.02 Å². The molecule has 0 amide bonds. The van der Waals surface area contributed by atoms with Crippen molar-refractivity contribution in [3.05, 3.63) is 58.7 Å². The molecule has 0 unspecified atom stereocenters. The lowest BCUT2D eigenvalue weighted by Crippen LogP contribution is -2.05. The SMILES string of the molecule is CCOC(=O)c1ccc(-n2cc(C#N)c3cc(OCCOC)c(Cl)cc32)cc1. The fourth-order valence-corrected chi connectivity index (χ4v) is 3.06. The van der Waals surface area contributed by atoms with Gasteiger partial charge in [0.15, 0.2) is 0 Å². The zero-order valence-electron chi connectivity index (χ0n) is 15.6. The second-order valence-corrected chi connectivity index (χ2v) is 6.34. The summed E-state index contributed by atoms with van der Waals surface area (Å²) < 4.78 is 17.5. The molecule has 3 rings (SSSR count). The monoisotopic (exact) mass is 398 g/mol. The van der Waals surface area contributed by atoms with Gasteiger partial charge in [-0.1, -0.05) is 11.6 Å². The van der Waals surface area contributed by atoms with E-state index in [-0.39, 0.29) is 5.97 Å². The highest BCUT2D eigenvalue weighted by atomic mass is 35.5. The second kappa shape index (κ2) is 8.79. The summed E-state index contributed by atoms with van der Waals surface area (Å²) in [6.45, 7) is 2.88. The minimum atomic E-state index is -0.370. The van der Waals surface area contributed by atoms with Gasteiger partial charge in [0.25, 0.3) is 0 Å². The highest BCUT2D eigenvalue weighted by Gasteiger charge is 2.15. The zero-order valence-corrected chi connectivity index (χ0v) is 16.3. The van der Waals surface area contributed by atoms with Crippen molar-refractivity contribution in [1.29, 1.82) is 5.26 Å². The van der Waals surface area contributed by atoms with Crippen LogP contribution in [-0.2, 0) is 9.47 Å². The van der Waals surface area contributed by atoms with Gasteiger partial charge < -0.3 is 18.8 Å². The van der Waals surface area contributed by atoms with Gasteiger partial charge in [-0.25, -0.2) is 4.79 Å². The van der Waals surface area contributed by atoms with Gasteiger partial charge in [-0.15, -0.1) is 0 Å². The van der Waals surface area contributed by atoms with Crippen molar-refractivity contribution in [2.75, 3.05) is 26.9 Å². The predicted octanol–water partition coefficient (Wildman–Crippen LogP) is 4.36. The minimum Gasteiger partial charge on any atom is -0.490 e. The number of aromatic nitrogens is 1. The molecule has 0 aliphatic heterocycles. The van der Waals surface area contributed by atoms with E-state index < -0.39 is 0 Å². The molecule has 0 aliphatic rings. The molecule has 0 spiro atoms. The summed E-state index contributed by atoms with van der Waals surface area (Å²) in [6.07, 6.45) is 1.74. The third-order valence-corrected chi connectivity index (χ3v) is 4.48. The number of carbonyl (C=O) groups excluding carboxylic acids is 1. The molecule has 0 bridgehead atoms. The van der Waals surface area contributed by atoms with Crippen molar-refractivity contribution in [2.45, 2.75) is 6.92 Å². The molecule has 0 aliphatic carbocycles. The molecule has 3 aromatic rings. The number of nitriles is 1. The molecule has 0 fully saturated rings. The average Bonchev–Trinajstić information content (AvgIpc) is 3.06. The Morgan fingerprint density at radius 1 is 1.21 bits per heavy atom. The van der Waals surface area contributed by atoms with E-state index in [1.807, 2.05) is 4.57 Å². The number of esters is 1. The van der Waals surface area contributed by atoms with Crippen LogP contribution in [0.25, 0.3) is 16.6 Å². The van der Waals surface area contributed by atoms with Crippen molar-refractivity contribution < 1.29 is 19.0 Å². The number of methoxy groups -OCH3 is 1. The highest BCUT2D eigenvalue weighted by molar-refractivity contribution is 6.32. The number of halogens is 1. The number of carbonyl (C=O) groups is 1. The molecular formula is C21H19ClN2O4. The lowest BCUT2D eigenvalue weighted by atomic mass is 10.2. The average molecular weight is 399 g/mol. The van der Waals surface area contributed by atoms with Gasteiger partial charge in [-0.2, -0.15) is 5.26 Å². The van der Waals surface area contributed by atoms with Crippen LogP contribution in [-0.4, -0.2) is 37.5 Å². The van der Waals surface area contributed by atoms with Crippen LogP contribution in [0.1, 0.15) is 22.8 Å². The summed E-state index contributed by atoms with van der Waals surface area (Å²) in [6, 6.07) is 12.7. The van der Waals surface area contributed by atoms with Crippen LogP contribution in [0.4, 0.5) is 0 Å². The Kier molecular flexibility index (Phi) is 6.19. The highest BCUT2D eigenvalue weighted by Crippen LogP contribution is 2.34. The van der Waals surface area contributed by atoms with E-state index in [0.29, 0.717) is 41.7 Å². The second-order valence-electron chi connectivity index (χ2n) is 5.93. The molecular weight excluding hydrogens is 380 g/mol. The van der Waals surface area contributed by atoms with Crippen molar-refractivity contribution >= 4 is 28.5 Å². The largest absolute Gasteiger partial charge is 0.490 e. The Morgan fingerprint density at radius 3 is 2.61 bits per heavy atom. The number of rotatable bonds is 7. The van der Waals surface area contributed by atoms with E-state index in [4.69, 9.17) is 25.8 Å². The molecule has 28 heavy (non-hydrogen) atoms. The molecule has 6 nitrogen and oxygen atoms in total. The number of ether oxygens (including phenoxy) is 3. The Bertz CT molecular complexity index is 1040. The van der Waals surface area contributed by atoms with Gasteiger partial charge in [0, 0.05) is 24.4 Å². The van der Waals surface area contributed by atoms with Gasteiger partial charge >= 0.3 is 5.97 Å². The van der Waals surface area contributed by atoms with Crippen LogP contribution >= 0.6 is 11.6 Å². The van der Waals surface area contributed by atoms with Gasteiger partial charge in [0.2, 0.25) is 0 Å². The Labute approximate surface area is 167 Å². The van der Waals surface area contributed by atoms with Crippen LogP contribution in [0.5, 0.6) is 5.75 Å². The maximum Gasteiger partial charge on any atom is 0.338 e. The van der Waals surface area contributed by atoms with Crippen LogP contribution in [0.15, 0.2) is 42.6 Å². The maximum absolute atomic E-state index is 11.8. The smallest absolute Gasteiger partial charge is 0.338 e. The van der Waals surface area contributed by atoms with E-state index in [2.05, 4.69) is 6.07 Å². The summed E-state index contributed by atoms with van der Waals surface area (Å²) in [5.74, 6) is 0.128. The number of nitrogens with zero attached hydrogens (tertiary/aromatic N) is 2. The normalized spacial score (nSPS) is 10.6. The Balaban J connectivity index is 2.01. The van der Waals surface area contributed by atoms with Crippen molar-refractivity contribution in [2.24, 2.45) is 0 Å². The molecule has 2 aromatic carbocycles. The van der Waals surface area contributed by atoms with E-state index in [1.165, 1.54) is 0 Å². The molecule has 1 heterocycles. The standard InChI is InChI=1S/C21H19ClN2O4/c1-3-27-21(25)14-4-6-16(7-5-14)24-13-15(12-23)17-10-20(28-9-8-26-2)18(22)11-19(17)24/h4-7,10-11,13H,3,8-9H2,1-2H3. The van der Waals surface area contributed by atoms with Crippen LogP contribution in [0.3, 0.4) is 0 Å². The number of benzene rings is 2. The van der Waals surface area contributed by atoms with E-state index in [9.17, 15) is 10.1 Å². The number of fused-ring (bicyclic) bond motifs is 1. The van der Waals surface area contributed by atoms with Gasteiger partial charge in [-0.3, -0.25) is 0 Å². The summed E-state index contributed by atoms with van der Waals surface area (Å²) in [4.78, 5) is 11.8. The summed E-state index contributed by atoms with van der Waals surface area (Å²) >= 11 is 6.37. The first-order valence-corrected chi connectivity index (χ1v) is 9.10. The summed E-state index contributed by atoms with van der Waals surface area (Å²) in [5, 5.41) is 10.7. The molecule has 0 radical (unpaired) electrons. The van der Waals surface area contributed by atoms with Crippen molar-refractivity contribution in [3.63, 3.8) is 0 Å². The third-order valence-electron chi connectivity index (χ3n) is 4.18. The van der Waals surface area contributed by atoms with E-state index >= 15 is 0 Å². The summed E-state index contributed by atoms with van der Waals surface area (Å²) in [7, 11) is 1.59. The summed E-state index contributed by atoms with van der Waals surface area (Å²) in [5.41, 5.74) is 2.53. The fourth-order valence-electron chi connectivity index (χ4n) is 2.85. The molecule has 0 saturated heterocycles. The third kappa shape index (κ3) is 3.96. The predicted molar refractivity (Wildman–Crippen MR) is 106 cm³/mol. The Morgan fingerprint density at radius 2 is 1.96 bits per heavy atom. The molecule has 0 N–H and O–H groups in total. The van der Waals surface area contributed by atoms with Crippen molar-refractivity contribution in [1.82, 2.24) is 4.57 Å². The quantitative estimate of drug-likeness (QED) is 0.436. The minimum absolute atomic E-state index is 0.321. The first-order chi connectivity index (χ1) is 13.6. The van der Waals surface area contributed by atoms with Crippen LogP contribution < -0.4 is 4.74 Å². The first-order valence-electron chi connectivity index (χ1n) is 8.73. The molecule has 0 atom stereocenters. The van der Waals surface area contributed by atoms with Crippen molar-refractivity contribution in [3.8, 4) is 17.5 Å². The molecule has 0 saturated carbocycles. The van der Waals surface area contributed by atoms with Gasteiger partial charge in [0.05, 0.1) is 34.9 Å². The van der Waals surface area contributed by atoms with E-state index in [1.54, 1.807) is 56.6 Å². The van der Waals surface area contributed by atoms with Gasteiger partial charge in [-0.05, 0) is 43.3 Å². The molecule has 144 valence electrons.